The Morgan fingerprint density at radius 1 is 1.47 bits per heavy atom. The largest absolute Gasteiger partial charge is 0.442 e. The van der Waals surface area contributed by atoms with E-state index in [4.69, 9.17) is 4.74 Å². The minimum Gasteiger partial charge on any atom is -0.442 e. The Morgan fingerprint density at radius 3 is 2.94 bits per heavy atom. The summed E-state index contributed by atoms with van der Waals surface area (Å²) in [6, 6.07) is 0. The van der Waals surface area contributed by atoms with E-state index in [2.05, 4.69) is 15.1 Å². The topological polar surface area (TPSA) is 70.6 Å². The van der Waals surface area contributed by atoms with Crippen molar-refractivity contribution >= 4 is 24.2 Å². The molecule has 1 aliphatic heterocycles. The molecule has 1 aromatic heterocycles. The van der Waals surface area contributed by atoms with E-state index in [1.807, 2.05) is 0 Å². The van der Waals surface area contributed by atoms with Crippen molar-refractivity contribution in [2.75, 3.05) is 5.01 Å². The fraction of sp³-hybridized carbons (Fsp3) is 0.364. The molecule has 0 aliphatic carbocycles. The molecule has 0 atom stereocenters. The highest BCUT2D eigenvalue weighted by Gasteiger charge is 2.26. The first kappa shape index (κ1) is 11.4. The van der Waals surface area contributed by atoms with Crippen LogP contribution in [0.15, 0.2) is 17.5 Å². The van der Waals surface area contributed by atoms with Crippen LogP contribution in [0, 0.1) is 0 Å². The minimum atomic E-state index is -0.567. The van der Waals surface area contributed by atoms with Gasteiger partial charge in [-0.3, -0.25) is 0 Å². The van der Waals surface area contributed by atoms with E-state index in [9.17, 15) is 4.79 Å². The van der Waals surface area contributed by atoms with Crippen molar-refractivity contribution in [2.45, 2.75) is 26.4 Å². The van der Waals surface area contributed by atoms with Gasteiger partial charge in [-0.1, -0.05) is 0 Å². The zero-order chi connectivity index (χ0) is 12.5. The minimum absolute atomic E-state index is 0.434. The first-order valence-electron chi connectivity index (χ1n) is 5.24. The number of hydrogen-bond acceptors (Lipinski definition) is 4. The van der Waals surface area contributed by atoms with Gasteiger partial charge in [0.25, 0.3) is 0 Å². The Bertz CT molecular complexity index is 482. The number of allylic oxidation sites excluding steroid dienone is 1. The molecule has 0 unspecified atom stereocenters. The van der Waals surface area contributed by atoms with Crippen LogP contribution in [0.5, 0.6) is 0 Å². The van der Waals surface area contributed by atoms with Gasteiger partial charge >= 0.3 is 6.09 Å². The Hall–Kier alpha value is -2.11. The highest BCUT2D eigenvalue weighted by atomic mass is 16.6. The molecule has 1 aliphatic rings. The van der Waals surface area contributed by atoms with Gasteiger partial charge in [0, 0.05) is 6.21 Å². The molecule has 0 saturated carbocycles. The summed E-state index contributed by atoms with van der Waals surface area (Å²) < 4.78 is 5.25. The van der Waals surface area contributed by atoms with Gasteiger partial charge in [0.1, 0.15) is 5.60 Å². The predicted molar refractivity (Wildman–Crippen MR) is 64.8 cm³/mol. The molecule has 6 heteroatoms. The number of aromatic amines is 1. The zero-order valence-electron chi connectivity index (χ0n) is 9.97. The third-order valence-electron chi connectivity index (χ3n) is 1.95. The van der Waals surface area contributed by atoms with Gasteiger partial charge in [0.05, 0.1) is 12.0 Å². The van der Waals surface area contributed by atoms with E-state index in [1.165, 1.54) is 12.5 Å². The van der Waals surface area contributed by atoms with Crippen LogP contribution in [0.1, 0.15) is 26.5 Å². The molecule has 0 aromatic carbocycles. The van der Waals surface area contributed by atoms with Gasteiger partial charge in [-0.2, -0.15) is 5.10 Å². The molecule has 0 fully saturated rings. The van der Waals surface area contributed by atoms with Gasteiger partial charge in [-0.25, -0.2) is 9.78 Å². The van der Waals surface area contributed by atoms with Crippen molar-refractivity contribution in [2.24, 2.45) is 5.10 Å². The number of nitrogens with zero attached hydrogens (tertiary/aromatic N) is 3. The molecule has 90 valence electrons. The third-order valence-corrected chi connectivity index (χ3v) is 1.95. The van der Waals surface area contributed by atoms with Crippen molar-refractivity contribution < 1.29 is 9.53 Å². The summed E-state index contributed by atoms with van der Waals surface area (Å²) in [6.45, 7) is 5.41. The number of amides is 1. The van der Waals surface area contributed by atoms with E-state index in [0.717, 1.165) is 5.01 Å². The van der Waals surface area contributed by atoms with Crippen molar-refractivity contribution in [1.82, 2.24) is 9.97 Å². The second-order valence-electron chi connectivity index (χ2n) is 4.56. The van der Waals surface area contributed by atoms with Gasteiger partial charge in [-0.15, -0.1) is 5.01 Å². The summed E-state index contributed by atoms with van der Waals surface area (Å²) >= 11 is 0. The maximum atomic E-state index is 11.9. The number of fused-ring (bicyclic) bond motifs is 1. The van der Waals surface area contributed by atoms with Crippen molar-refractivity contribution in [1.29, 1.82) is 0 Å². The number of hydrogen-bond donors (Lipinski definition) is 1. The van der Waals surface area contributed by atoms with Crippen molar-refractivity contribution in [3.8, 4) is 0 Å². The van der Waals surface area contributed by atoms with Gasteiger partial charge < -0.3 is 9.72 Å². The maximum Gasteiger partial charge on any atom is 0.437 e. The number of rotatable bonds is 0. The summed E-state index contributed by atoms with van der Waals surface area (Å²) in [7, 11) is 0. The molecule has 1 N–H and O–H groups in total. The molecule has 0 radical (unpaired) electrons. The lowest BCUT2D eigenvalue weighted by Crippen LogP contribution is -2.34. The molecule has 2 rings (SSSR count). The smallest absolute Gasteiger partial charge is 0.437 e. The van der Waals surface area contributed by atoms with Crippen molar-refractivity contribution in [3.63, 3.8) is 0 Å². The Balaban J connectivity index is 2.26. The molecule has 17 heavy (non-hydrogen) atoms. The van der Waals surface area contributed by atoms with Gasteiger partial charge in [0.2, 0.25) is 0 Å². The first-order chi connectivity index (χ1) is 7.97. The van der Waals surface area contributed by atoms with E-state index < -0.39 is 11.7 Å². The van der Waals surface area contributed by atoms with Crippen LogP contribution in [-0.4, -0.2) is 27.9 Å². The molecular weight excluding hydrogens is 220 g/mol. The quantitative estimate of drug-likeness (QED) is 0.747. The molecule has 6 nitrogen and oxygen atoms in total. The Labute approximate surface area is 99.0 Å². The number of hydrazone groups is 1. The second-order valence-corrected chi connectivity index (χ2v) is 4.56. The monoisotopic (exact) mass is 234 g/mol. The average molecular weight is 234 g/mol. The summed E-state index contributed by atoms with van der Waals surface area (Å²) in [4.78, 5) is 18.9. The van der Waals surface area contributed by atoms with Crippen LogP contribution in [0.4, 0.5) is 10.6 Å². The molecule has 1 amide bonds. The van der Waals surface area contributed by atoms with Gasteiger partial charge in [0.15, 0.2) is 5.82 Å². The summed E-state index contributed by atoms with van der Waals surface area (Å²) in [5.41, 5.74) is 0.149. The number of nitrogens with one attached hydrogen (secondary N) is 1. The second kappa shape index (κ2) is 4.04. The van der Waals surface area contributed by atoms with Crippen LogP contribution in [0.3, 0.4) is 0 Å². The molecular formula is C11H14N4O2. The summed E-state index contributed by atoms with van der Waals surface area (Å²) in [6.07, 6.45) is 5.98. The fourth-order valence-corrected chi connectivity index (χ4v) is 1.33. The lowest BCUT2D eigenvalue weighted by Gasteiger charge is -2.23. The normalized spacial score (nSPS) is 14.4. The van der Waals surface area contributed by atoms with Crippen molar-refractivity contribution in [3.05, 3.63) is 18.1 Å². The predicted octanol–water partition coefficient (Wildman–Crippen LogP) is 2.16. The summed E-state index contributed by atoms with van der Waals surface area (Å²) in [5, 5.41) is 5.12. The molecule has 0 bridgehead atoms. The van der Waals surface area contributed by atoms with Crippen LogP contribution >= 0.6 is 0 Å². The van der Waals surface area contributed by atoms with Crippen LogP contribution < -0.4 is 5.01 Å². The lowest BCUT2D eigenvalue weighted by atomic mass is 10.2. The average Bonchev–Trinajstić information content (AvgIpc) is 2.55. The van der Waals surface area contributed by atoms with E-state index in [1.54, 1.807) is 32.9 Å². The number of H-pyrrole nitrogens is 1. The highest BCUT2D eigenvalue weighted by Crippen LogP contribution is 2.22. The van der Waals surface area contributed by atoms with Crippen LogP contribution in [0.2, 0.25) is 0 Å². The summed E-state index contributed by atoms with van der Waals surface area (Å²) in [5.74, 6) is 0.434. The van der Waals surface area contributed by atoms with Gasteiger partial charge in [-0.05, 0) is 32.9 Å². The number of aromatic nitrogens is 2. The van der Waals surface area contributed by atoms with Crippen LogP contribution in [-0.2, 0) is 4.74 Å². The first-order valence-corrected chi connectivity index (χ1v) is 5.24. The fourth-order valence-electron chi connectivity index (χ4n) is 1.33. The molecule has 0 spiro atoms. The number of carbonyl (C=O) groups is 1. The Kier molecular flexibility index (Phi) is 2.71. The zero-order valence-corrected chi connectivity index (χ0v) is 9.97. The number of imidazole rings is 1. The molecule has 2 heterocycles. The van der Waals surface area contributed by atoms with E-state index >= 15 is 0 Å². The number of carbonyl (C=O) groups excluding carboxylic acids is 1. The number of ether oxygens (including phenoxy) is 1. The highest BCUT2D eigenvalue weighted by molar-refractivity contribution is 5.93. The SMILES string of the molecule is CC(C)(C)OC(=O)N1N=CC=Cc2[nH]cnc21. The third kappa shape index (κ3) is 2.52. The van der Waals surface area contributed by atoms with E-state index in [-0.39, 0.29) is 0 Å². The molecule has 0 saturated heterocycles. The Morgan fingerprint density at radius 2 is 2.24 bits per heavy atom. The lowest BCUT2D eigenvalue weighted by molar-refractivity contribution is 0.0580. The molecule has 1 aromatic rings. The van der Waals surface area contributed by atoms with E-state index in [0.29, 0.717) is 11.5 Å². The number of anilines is 1. The standard InChI is InChI=1S/C11H14N4O2/c1-11(2,3)17-10(16)15-9-8(12-7-13-9)5-4-6-14-15/h4-7H,1-3H3,(H,12,13). The maximum absolute atomic E-state index is 11.9. The van der Waals surface area contributed by atoms with Crippen LogP contribution in [0.25, 0.3) is 6.08 Å².